The Balaban J connectivity index is 1.89. The van der Waals surface area contributed by atoms with Crippen molar-refractivity contribution in [3.05, 3.63) is 34.8 Å². The van der Waals surface area contributed by atoms with E-state index in [2.05, 4.69) is 5.32 Å². The van der Waals surface area contributed by atoms with Crippen LogP contribution in [0, 0.1) is 0 Å². The number of nitrogens with one attached hydrogen (secondary N) is 1. The first-order valence-electron chi connectivity index (χ1n) is 8.01. The number of esters is 1. The van der Waals surface area contributed by atoms with Crippen molar-refractivity contribution >= 4 is 34.7 Å². The SMILES string of the molecule is COC(=O)[C@H](CCSC)NC(=O)CCCn1c(=O)oc2ccccc21. The number of fused-ring (bicyclic) bond motifs is 1. The molecule has 136 valence electrons. The number of nitrogens with zero attached hydrogens (tertiary/aromatic N) is 1. The van der Waals surface area contributed by atoms with Crippen molar-refractivity contribution in [2.75, 3.05) is 19.1 Å². The van der Waals surface area contributed by atoms with Crippen LogP contribution in [-0.4, -0.2) is 41.6 Å². The monoisotopic (exact) mass is 366 g/mol. The van der Waals surface area contributed by atoms with Crippen LogP contribution in [0.1, 0.15) is 19.3 Å². The van der Waals surface area contributed by atoms with E-state index in [1.165, 1.54) is 11.7 Å². The first kappa shape index (κ1) is 19.1. The molecule has 2 aromatic rings. The van der Waals surface area contributed by atoms with Crippen LogP contribution in [0.5, 0.6) is 0 Å². The molecule has 8 heteroatoms. The lowest BCUT2D eigenvalue weighted by Gasteiger charge is -2.16. The number of methoxy groups -OCH3 is 1. The molecule has 1 atom stereocenters. The van der Waals surface area contributed by atoms with Crippen molar-refractivity contribution in [3.8, 4) is 0 Å². The summed E-state index contributed by atoms with van der Waals surface area (Å²) >= 11 is 1.60. The summed E-state index contributed by atoms with van der Waals surface area (Å²) in [6.07, 6.45) is 3.12. The summed E-state index contributed by atoms with van der Waals surface area (Å²) in [6, 6.07) is 6.52. The van der Waals surface area contributed by atoms with Crippen LogP contribution in [0.4, 0.5) is 0 Å². The Morgan fingerprint density at radius 1 is 1.36 bits per heavy atom. The maximum absolute atomic E-state index is 12.1. The van der Waals surface area contributed by atoms with Gasteiger partial charge in [0.15, 0.2) is 5.58 Å². The number of aryl methyl sites for hydroxylation is 1. The molecule has 0 bridgehead atoms. The summed E-state index contributed by atoms with van der Waals surface area (Å²) in [4.78, 5) is 35.6. The summed E-state index contributed by atoms with van der Waals surface area (Å²) < 4.78 is 11.4. The van der Waals surface area contributed by atoms with Gasteiger partial charge in [0.05, 0.1) is 12.6 Å². The number of hydrogen-bond donors (Lipinski definition) is 1. The molecule has 1 aromatic heterocycles. The third-order valence-corrected chi connectivity index (χ3v) is 4.43. The molecule has 1 amide bonds. The maximum atomic E-state index is 12.1. The molecule has 0 aliphatic carbocycles. The second-order valence-corrected chi connectivity index (χ2v) is 6.50. The summed E-state index contributed by atoms with van der Waals surface area (Å²) in [5.74, 6) is -0.373. The minimum atomic E-state index is -0.637. The standard InChI is InChI=1S/C17H22N2O5S/c1-23-16(21)12(9-11-25-2)18-15(20)8-5-10-19-13-6-3-4-7-14(13)24-17(19)22/h3-4,6-7,12H,5,8-11H2,1-2H3,(H,18,20)/t12-/m0/s1. The van der Waals surface area contributed by atoms with Crippen molar-refractivity contribution in [3.63, 3.8) is 0 Å². The zero-order valence-corrected chi connectivity index (χ0v) is 15.1. The van der Waals surface area contributed by atoms with Crippen LogP contribution in [0.15, 0.2) is 33.5 Å². The lowest BCUT2D eigenvalue weighted by atomic mass is 10.2. The number of benzene rings is 1. The molecule has 1 heterocycles. The maximum Gasteiger partial charge on any atom is 0.419 e. The Hall–Kier alpha value is -2.22. The van der Waals surface area contributed by atoms with Crippen LogP contribution in [0.2, 0.25) is 0 Å². The first-order chi connectivity index (χ1) is 12.1. The summed E-state index contributed by atoms with van der Waals surface area (Å²) in [5, 5.41) is 2.70. The highest BCUT2D eigenvalue weighted by atomic mass is 32.2. The van der Waals surface area contributed by atoms with E-state index in [0.717, 1.165) is 5.75 Å². The summed E-state index contributed by atoms with van der Waals surface area (Å²) in [6.45, 7) is 0.372. The van der Waals surface area contributed by atoms with Crippen LogP contribution >= 0.6 is 11.8 Å². The van der Waals surface area contributed by atoms with Crippen LogP contribution < -0.4 is 11.1 Å². The molecule has 0 radical (unpaired) electrons. The minimum Gasteiger partial charge on any atom is -0.467 e. The lowest BCUT2D eigenvalue weighted by Crippen LogP contribution is -2.41. The number of oxazole rings is 1. The first-order valence-corrected chi connectivity index (χ1v) is 9.40. The number of carbonyl (C=O) groups is 2. The predicted octanol–water partition coefficient (Wildman–Crippen LogP) is 1.79. The number of thioether (sulfide) groups is 1. The zero-order chi connectivity index (χ0) is 18.2. The van der Waals surface area contributed by atoms with Gasteiger partial charge in [0.25, 0.3) is 0 Å². The Kier molecular flexibility index (Phi) is 7.12. The summed E-state index contributed by atoms with van der Waals surface area (Å²) in [5.41, 5.74) is 1.24. The van der Waals surface area contributed by atoms with Gasteiger partial charge < -0.3 is 14.5 Å². The fraction of sp³-hybridized carbons (Fsp3) is 0.471. The molecular weight excluding hydrogens is 344 g/mol. The molecule has 0 unspecified atom stereocenters. The third kappa shape index (κ3) is 5.12. The molecule has 0 aliphatic heterocycles. The van der Waals surface area contributed by atoms with Crippen LogP contribution in [0.25, 0.3) is 11.1 Å². The number of rotatable bonds is 9. The smallest absolute Gasteiger partial charge is 0.419 e. The van der Waals surface area contributed by atoms with E-state index in [4.69, 9.17) is 9.15 Å². The second-order valence-electron chi connectivity index (χ2n) is 5.52. The van der Waals surface area contributed by atoms with Gasteiger partial charge in [-0.1, -0.05) is 12.1 Å². The molecule has 0 saturated carbocycles. The molecule has 25 heavy (non-hydrogen) atoms. The van der Waals surface area contributed by atoms with Gasteiger partial charge in [-0.15, -0.1) is 0 Å². The molecule has 1 aromatic carbocycles. The summed E-state index contributed by atoms with van der Waals surface area (Å²) in [7, 11) is 1.30. The molecule has 0 saturated heterocycles. The molecule has 1 N–H and O–H groups in total. The predicted molar refractivity (Wildman–Crippen MR) is 96.7 cm³/mol. The number of carbonyl (C=O) groups excluding carboxylic acids is 2. The number of hydrogen-bond acceptors (Lipinski definition) is 6. The van der Waals surface area contributed by atoms with Crippen molar-refractivity contribution in [2.45, 2.75) is 31.8 Å². The Morgan fingerprint density at radius 2 is 2.12 bits per heavy atom. The molecule has 7 nitrogen and oxygen atoms in total. The highest BCUT2D eigenvalue weighted by Crippen LogP contribution is 2.12. The zero-order valence-electron chi connectivity index (χ0n) is 14.3. The van der Waals surface area contributed by atoms with Gasteiger partial charge in [-0.25, -0.2) is 9.59 Å². The van der Waals surface area contributed by atoms with Gasteiger partial charge in [0.1, 0.15) is 6.04 Å². The Bertz CT molecular complexity index is 783. The normalized spacial score (nSPS) is 12.1. The van der Waals surface area contributed by atoms with E-state index in [1.54, 1.807) is 30.0 Å². The average molecular weight is 366 g/mol. The molecular formula is C17H22N2O5S. The van der Waals surface area contributed by atoms with Crippen LogP contribution in [0.3, 0.4) is 0 Å². The quantitative estimate of drug-likeness (QED) is 0.681. The fourth-order valence-corrected chi connectivity index (χ4v) is 2.99. The van der Waals surface area contributed by atoms with E-state index in [9.17, 15) is 14.4 Å². The lowest BCUT2D eigenvalue weighted by molar-refractivity contribution is -0.145. The number of ether oxygens (including phenoxy) is 1. The molecule has 0 fully saturated rings. The van der Waals surface area contributed by atoms with Crippen molar-refractivity contribution in [1.29, 1.82) is 0 Å². The number of para-hydroxylation sites is 2. The second kappa shape index (κ2) is 9.31. The minimum absolute atomic E-state index is 0.207. The van der Waals surface area contributed by atoms with Crippen molar-refractivity contribution in [1.82, 2.24) is 9.88 Å². The topological polar surface area (TPSA) is 90.5 Å². The van der Waals surface area contributed by atoms with E-state index >= 15 is 0 Å². The van der Waals surface area contributed by atoms with Crippen LogP contribution in [-0.2, 0) is 20.9 Å². The van der Waals surface area contributed by atoms with Gasteiger partial charge >= 0.3 is 11.7 Å². The average Bonchev–Trinajstić information content (AvgIpc) is 2.93. The number of amides is 1. The highest BCUT2D eigenvalue weighted by Gasteiger charge is 2.20. The molecule has 0 aliphatic rings. The van der Waals surface area contributed by atoms with E-state index in [1.807, 2.05) is 12.3 Å². The number of aromatic nitrogens is 1. The highest BCUT2D eigenvalue weighted by molar-refractivity contribution is 7.98. The van der Waals surface area contributed by atoms with Crippen molar-refractivity contribution < 1.29 is 18.7 Å². The van der Waals surface area contributed by atoms with Crippen molar-refractivity contribution in [2.24, 2.45) is 0 Å². The fourth-order valence-electron chi connectivity index (χ4n) is 2.52. The van der Waals surface area contributed by atoms with Gasteiger partial charge in [-0.2, -0.15) is 11.8 Å². The van der Waals surface area contributed by atoms with Gasteiger partial charge in [-0.05, 0) is 37.0 Å². The van der Waals surface area contributed by atoms with Gasteiger partial charge in [0.2, 0.25) is 5.91 Å². The van der Waals surface area contributed by atoms with E-state index in [0.29, 0.717) is 30.5 Å². The van der Waals surface area contributed by atoms with E-state index in [-0.39, 0.29) is 12.3 Å². The largest absolute Gasteiger partial charge is 0.467 e. The third-order valence-electron chi connectivity index (χ3n) is 3.79. The molecule has 0 spiro atoms. The Morgan fingerprint density at radius 3 is 2.84 bits per heavy atom. The van der Waals surface area contributed by atoms with E-state index < -0.39 is 17.8 Å². The Labute approximate surface area is 149 Å². The van der Waals surface area contributed by atoms with Gasteiger partial charge in [0, 0.05) is 13.0 Å². The van der Waals surface area contributed by atoms with Gasteiger partial charge in [-0.3, -0.25) is 9.36 Å². The molecule has 2 rings (SSSR count).